The monoisotopic (exact) mass is 207 g/mol. The van der Waals surface area contributed by atoms with Crippen LogP contribution in [0.25, 0.3) is 0 Å². The maximum Gasteiger partial charge on any atom is -0.0269 e. The zero-order chi connectivity index (χ0) is 10.7. The van der Waals surface area contributed by atoms with E-state index in [1.165, 1.54) is 64.2 Å². The Bertz CT molecular complexity index is 160. The molecule has 0 aromatic heterocycles. The number of rotatable bonds is 2. The van der Waals surface area contributed by atoms with Gasteiger partial charge in [0.2, 0.25) is 0 Å². The normalized spacial score (nSPS) is 26.8. The van der Waals surface area contributed by atoms with Crippen LogP contribution in [-0.4, -0.2) is 0 Å². The topological polar surface area (TPSA) is 0 Å². The molecule has 0 aliphatic heterocycles. The molecule has 15 heavy (non-hydrogen) atoms. The van der Waals surface area contributed by atoms with Crippen molar-refractivity contribution in [3.8, 4) is 0 Å². The lowest BCUT2D eigenvalue weighted by Crippen LogP contribution is -2.35. The van der Waals surface area contributed by atoms with E-state index >= 15 is 0 Å². The molecule has 0 heteroatoms. The van der Waals surface area contributed by atoms with Gasteiger partial charge in [0, 0.05) is 0 Å². The lowest BCUT2D eigenvalue weighted by molar-refractivity contribution is 0.0844. The zero-order valence-corrected chi connectivity index (χ0v) is 10.4. The molecule has 0 spiro atoms. The van der Waals surface area contributed by atoms with Gasteiger partial charge in [0.05, 0.1) is 0 Å². The maximum atomic E-state index is 4.62. The molecular formula is C15H27. The van der Waals surface area contributed by atoms with E-state index in [-0.39, 0.29) is 0 Å². The van der Waals surface area contributed by atoms with Crippen LogP contribution in [0.5, 0.6) is 0 Å². The Morgan fingerprint density at radius 2 is 1.07 bits per heavy atom. The second kappa shape index (κ2) is 4.89. The molecule has 2 aliphatic rings. The van der Waals surface area contributed by atoms with Gasteiger partial charge in [0.1, 0.15) is 0 Å². The Morgan fingerprint density at radius 3 is 1.40 bits per heavy atom. The maximum absolute atomic E-state index is 4.62. The van der Waals surface area contributed by atoms with Crippen molar-refractivity contribution < 1.29 is 0 Å². The molecule has 0 bridgehead atoms. The summed E-state index contributed by atoms with van der Waals surface area (Å²) in [5.74, 6) is 1.85. The third kappa shape index (κ3) is 2.57. The first kappa shape index (κ1) is 11.5. The summed E-state index contributed by atoms with van der Waals surface area (Å²) >= 11 is 0. The molecule has 0 aromatic rings. The zero-order valence-electron chi connectivity index (χ0n) is 10.4. The summed E-state index contributed by atoms with van der Waals surface area (Å²) in [4.78, 5) is 0. The van der Waals surface area contributed by atoms with E-state index < -0.39 is 0 Å². The minimum absolute atomic E-state index is 0.390. The van der Waals surface area contributed by atoms with Crippen LogP contribution in [0.4, 0.5) is 0 Å². The lowest BCUT2D eigenvalue weighted by Gasteiger charge is -2.44. The van der Waals surface area contributed by atoms with Crippen molar-refractivity contribution in [3.63, 3.8) is 0 Å². The second-order valence-corrected chi connectivity index (χ2v) is 6.18. The van der Waals surface area contributed by atoms with Crippen molar-refractivity contribution in [3.05, 3.63) is 6.92 Å². The molecule has 1 radical (unpaired) electrons. The Hall–Kier alpha value is 0. The molecule has 0 amide bonds. The van der Waals surface area contributed by atoms with E-state index in [9.17, 15) is 0 Å². The standard InChI is InChI=1S/C15H27/c1-15(2,13-9-5-3-6-10-13)14-11-7-4-8-12-14/h13-14H,1,3-12H2,2H3. The van der Waals surface area contributed by atoms with Gasteiger partial charge in [-0.2, -0.15) is 0 Å². The Morgan fingerprint density at radius 1 is 0.733 bits per heavy atom. The Labute approximate surface area is 95.8 Å². The fourth-order valence-corrected chi connectivity index (χ4v) is 3.86. The molecule has 0 nitrogen and oxygen atoms in total. The van der Waals surface area contributed by atoms with Crippen LogP contribution >= 0.6 is 0 Å². The molecule has 2 fully saturated rings. The van der Waals surface area contributed by atoms with Gasteiger partial charge in [-0.25, -0.2) is 0 Å². The van der Waals surface area contributed by atoms with E-state index in [4.69, 9.17) is 0 Å². The summed E-state index contributed by atoms with van der Waals surface area (Å²) in [5.41, 5.74) is 0.390. The predicted octanol–water partition coefficient (Wildman–Crippen LogP) is 4.99. The van der Waals surface area contributed by atoms with Gasteiger partial charge < -0.3 is 0 Å². The van der Waals surface area contributed by atoms with Crippen molar-refractivity contribution in [2.24, 2.45) is 17.3 Å². The highest BCUT2D eigenvalue weighted by atomic mass is 14.4. The Kier molecular flexibility index (Phi) is 3.74. The molecule has 0 unspecified atom stereocenters. The summed E-state index contributed by atoms with van der Waals surface area (Å²) in [5, 5.41) is 0. The van der Waals surface area contributed by atoms with Crippen LogP contribution in [0, 0.1) is 24.2 Å². The summed E-state index contributed by atoms with van der Waals surface area (Å²) in [6.07, 6.45) is 14.6. The molecular weight excluding hydrogens is 180 g/mol. The first-order valence-corrected chi connectivity index (χ1v) is 7.06. The molecule has 2 saturated carbocycles. The number of hydrogen-bond donors (Lipinski definition) is 0. The average Bonchev–Trinajstić information content (AvgIpc) is 2.31. The van der Waals surface area contributed by atoms with Crippen LogP contribution in [0.1, 0.15) is 71.1 Å². The van der Waals surface area contributed by atoms with Gasteiger partial charge in [0.25, 0.3) is 0 Å². The molecule has 2 aliphatic carbocycles. The lowest BCUT2D eigenvalue weighted by atomic mass is 9.61. The summed E-state index contributed by atoms with van der Waals surface area (Å²) in [7, 11) is 0. The highest BCUT2D eigenvalue weighted by molar-refractivity contribution is 4.92. The van der Waals surface area contributed by atoms with Gasteiger partial charge >= 0.3 is 0 Å². The van der Waals surface area contributed by atoms with E-state index in [2.05, 4.69) is 13.8 Å². The van der Waals surface area contributed by atoms with Gasteiger partial charge in [-0.1, -0.05) is 45.4 Å². The van der Waals surface area contributed by atoms with Gasteiger partial charge in [-0.3, -0.25) is 0 Å². The summed E-state index contributed by atoms with van der Waals surface area (Å²) in [6.45, 7) is 7.07. The molecule has 0 N–H and O–H groups in total. The third-order valence-corrected chi connectivity index (χ3v) is 5.08. The van der Waals surface area contributed by atoms with Crippen LogP contribution in [0.2, 0.25) is 0 Å². The van der Waals surface area contributed by atoms with E-state index in [0.29, 0.717) is 5.41 Å². The van der Waals surface area contributed by atoms with Crippen molar-refractivity contribution in [2.45, 2.75) is 71.1 Å². The van der Waals surface area contributed by atoms with E-state index in [1.807, 2.05) is 0 Å². The fourth-order valence-electron chi connectivity index (χ4n) is 3.86. The largest absolute Gasteiger partial charge is 0.0591 e. The first-order chi connectivity index (χ1) is 7.21. The minimum Gasteiger partial charge on any atom is -0.0591 e. The number of hydrogen-bond acceptors (Lipinski definition) is 0. The molecule has 0 aromatic carbocycles. The molecule has 0 heterocycles. The third-order valence-electron chi connectivity index (χ3n) is 5.08. The predicted molar refractivity (Wildman–Crippen MR) is 66.6 cm³/mol. The summed E-state index contributed by atoms with van der Waals surface area (Å²) < 4.78 is 0. The quantitative estimate of drug-likeness (QED) is 0.598. The van der Waals surface area contributed by atoms with Crippen LogP contribution in [0.3, 0.4) is 0 Å². The van der Waals surface area contributed by atoms with Gasteiger partial charge in [-0.15, -0.1) is 0 Å². The van der Waals surface area contributed by atoms with Crippen LogP contribution in [0.15, 0.2) is 0 Å². The molecule has 87 valence electrons. The van der Waals surface area contributed by atoms with Crippen LogP contribution in [-0.2, 0) is 0 Å². The second-order valence-electron chi connectivity index (χ2n) is 6.18. The fraction of sp³-hybridized carbons (Fsp3) is 0.933. The van der Waals surface area contributed by atoms with Crippen molar-refractivity contribution in [2.75, 3.05) is 0 Å². The van der Waals surface area contributed by atoms with E-state index in [0.717, 1.165) is 11.8 Å². The van der Waals surface area contributed by atoms with Gasteiger partial charge in [-0.05, 0) is 49.9 Å². The Balaban J connectivity index is 1.96. The SMILES string of the molecule is [CH2]C(C)(C1CCCCC1)C1CCCCC1. The summed E-state index contributed by atoms with van der Waals surface area (Å²) in [6, 6.07) is 0. The van der Waals surface area contributed by atoms with Crippen LogP contribution < -0.4 is 0 Å². The van der Waals surface area contributed by atoms with Crippen molar-refractivity contribution in [1.82, 2.24) is 0 Å². The van der Waals surface area contributed by atoms with Crippen molar-refractivity contribution in [1.29, 1.82) is 0 Å². The molecule has 2 rings (SSSR count). The highest BCUT2D eigenvalue weighted by Gasteiger charge is 2.37. The van der Waals surface area contributed by atoms with E-state index in [1.54, 1.807) is 0 Å². The minimum atomic E-state index is 0.390. The molecule has 0 saturated heterocycles. The average molecular weight is 207 g/mol. The van der Waals surface area contributed by atoms with Crippen molar-refractivity contribution >= 4 is 0 Å². The first-order valence-electron chi connectivity index (χ1n) is 7.06. The molecule has 0 atom stereocenters. The van der Waals surface area contributed by atoms with Gasteiger partial charge in [0.15, 0.2) is 0 Å². The smallest absolute Gasteiger partial charge is 0.0269 e. The highest BCUT2D eigenvalue weighted by Crippen LogP contribution is 2.47.